The molecule has 1 amide bonds. The van der Waals surface area contributed by atoms with E-state index in [2.05, 4.69) is 15.5 Å². The Morgan fingerprint density at radius 1 is 1.48 bits per heavy atom. The minimum Gasteiger partial charge on any atom is -0.391 e. The zero-order valence-corrected chi connectivity index (χ0v) is 12.5. The number of hydrogen-bond donors (Lipinski definition) is 3. The van der Waals surface area contributed by atoms with E-state index in [0.717, 1.165) is 12.0 Å². The lowest BCUT2D eigenvalue weighted by Gasteiger charge is -2.11. The normalized spacial score (nSPS) is 12.1. The Labute approximate surface area is 128 Å². The van der Waals surface area contributed by atoms with E-state index in [-0.39, 0.29) is 12.5 Å². The lowest BCUT2D eigenvalue weighted by Crippen LogP contribution is -2.32. The molecule has 0 bridgehead atoms. The van der Waals surface area contributed by atoms with Gasteiger partial charge in [0.05, 0.1) is 23.6 Å². The van der Waals surface area contributed by atoms with Crippen LogP contribution in [0.3, 0.4) is 0 Å². The van der Waals surface area contributed by atoms with Gasteiger partial charge in [-0.1, -0.05) is 43.1 Å². The van der Waals surface area contributed by atoms with Crippen molar-refractivity contribution in [3.8, 4) is 11.3 Å². The van der Waals surface area contributed by atoms with Gasteiger partial charge in [0.25, 0.3) is 5.91 Å². The van der Waals surface area contributed by atoms with Crippen LogP contribution in [0.2, 0.25) is 5.02 Å². The molecule has 0 fully saturated rings. The van der Waals surface area contributed by atoms with E-state index in [1.165, 1.54) is 6.20 Å². The number of hydrogen-bond acceptors (Lipinski definition) is 3. The molecule has 5 nitrogen and oxygen atoms in total. The Bertz CT molecular complexity index is 612. The van der Waals surface area contributed by atoms with Crippen LogP contribution in [0.4, 0.5) is 0 Å². The highest BCUT2D eigenvalue weighted by Gasteiger charge is 2.17. The summed E-state index contributed by atoms with van der Waals surface area (Å²) in [6.45, 7) is 2.20. The van der Waals surface area contributed by atoms with Crippen molar-refractivity contribution in [3.63, 3.8) is 0 Å². The summed E-state index contributed by atoms with van der Waals surface area (Å²) in [6.07, 6.45) is 2.45. The van der Waals surface area contributed by atoms with Crippen molar-refractivity contribution in [2.45, 2.75) is 25.9 Å². The van der Waals surface area contributed by atoms with Crippen LogP contribution in [0.5, 0.6) is 0 Å². The molecule has 6 heteroatoms. The van der Waals surface area contributed by atoms with Crippen molar-refractivity contribution in [1.29, 1.82) is 0 Å². The predicted molar refractivity (Wildman–Crippen MR) is 82.3 cm³/mol. The van der Waals surface area contributed by atoms with Gasteiger partial charge in [-0.15, -0.1) is 0 Å². The third kappa shape index (κ3) is 3.83. The SMILES string of the molecule is CCCC(O)CNC(=O)c1cn[nH]c1-c1ccccc1Cl. The van der Waals surface area contributed by atoms with Gasteiger partial charge >= 0.3 is 0 Å². The van der Waals surface area contributed by atoms with Crippen LogP contribution in [0.1, 0.15) is 30.1 Å². The molecule has 0 saturated carbocycles. The Hall–Kier alpha value is -1.85. The van der Waals surface area contributed by atoms with Gasteiger partial charge in [-0.2, -0.15) is 5.10 Å². The minimum absolute atomic E-state index is 0.222. The average molecular weight is 308 g/mol. The van der Waals surface area contributed by atoms with Gasteiger partial charge in [-0.3, -0.25) is 9.89 Å². The molecule has 1 heterocycles. The lowest BCUT2D eigenvalue weighted by molar-refractivity contribution is 0.0911. The van der Waals surface area contributed by atoms with Gasteiger partial charge in [-0.25, -0.2) is 0 Å². The summed E-state index contributed by atoms with van der Waals surface area (Å²) < 4.78 is 0. The topological polar surface area (TPSA) is 78.0 Å². The summed E-state index contributed by atoms with van der Waals surface area (Å²) in [5.74, 6) is -0.283. The van der Waals surface area contributed by atoms with Crippen LogP contribution < -0.4 is 5.32 Å². The first-order chi connectivity index (χ1) is 10.1. The molecule has 1 aromatic carbocycles. The molecule has 3 N–H and O–H groups in total. The number of aliphatic hydroxyl groups is 1. The molecule has 0 spiro atoms. The third-order valence-electron chi connectivity index (χ3n) is 3.15. The summed E-state index contributed by atoms with van der Waals surface area (Å²) in [6, 6.07) is 7.24. The zero-order chi connectivity index (χ0) is 15.2. The van der Waals surface area contributed by atoms with E-state index >= 15 is 0 Å². The number of benzene rings is 1. The van der Waals surface area contributed by atoms with Crippen LogP contribution in [-0.2, 0) is 0 Å². The number of nitrogens with zero attached hydrogens (tertiary/aromatic N) is 1. The standard InChI is InChI=1S/C15H18ClN3O2/c1-2-5-10(20)8-17-15(21)12-9-18-19-14(12)11-6-3-4-7-13(11)16/h3-4,6-7,9-10,20H,2,5,8H2,1H3,(H,17,21)(H,18,19). The molecule has 0 aliphatic heterocycles. The van der Waals surface area contributed by atoms with Crippen molar-refractivity contribution in [1.82, 2.24) is 15.5 Å². The fraction of sp³-hybridized carbons (Fsp3) is 0.333. The van der Waals surface area contributed by atoms with E-state index in [0.29, 0.717) is 22.7 Å². The van der Waals surface area contributed by atoms with E-state index in [1.807, 2.05) is 25.1 Å². The Morgan fingerprint density at radius 2 is 2.24 bits per heavy atom. The van der Waals surface area contributed by atoms with Gasteiger partial charge < -0.3 is 10.4 Å². The van der Waals surface area contributed by atoms with Crippen molar-refractivity contribution >= 4 is 17.5 Å². The maximum atomic E-state index is 12.2. The lowest BCUT2D eigenvalue weighted by atomic mass is 10.1. The largest absolute Gasteiger partial charge is 0.391 e. The fourth-order valence-electron chi connectivity index (χ4n) is 2.07. The van der Waals surface area contributed by atoms with E-state index in [9.17, 15) is 9.90 Å². The molecule has 0 aliphatic rings. The quantitative estimate of drug-likeness (QED) is 0.767. The zero-order valence-electron chi connectivity index (χ0n) is 11.8. The Balaban J connectivity index is 2.13. The number of aromatic amines is 1. The summed E-state index contributed by atoms with van der Waals surface area (Å²) in [5.41, 5.74) is 1.70. The minimum atomic E-state index is -0.533. The number of amides is 1. The van der Waals surface area contributed by atoms with Crippen LogP contribution >= 0.6 is 11.6 Å². The first-order valence-electron chi connectivity index (χ1n) is 6.88. The van der Waals surface area contributed by atoms with Crippen LogP contribution in [0.25, 0.3) is 11.3 Å². The molecular weight excluding hydrogens is 290 g/mol. The first kappa shape index (κ1) is 15.5. The van der Waals surface area contributed by atoms with E-state index in [4.69, 9.17) is 11.6 Å². The highest BCUT2D eigenvalue weighted by molar-refractivity contribution is 6.33. The molecule has 21 heavy (non-hydrogen) atoms. The van der Waals surface area contributed by atoms with Crippen molar-refractivity contribution in [2.75, 3.05) is 6.54 Å². The second kappa shape index (κ2) is 7.24. The highest BCUT2D eigenvalue weighted by Crippen LogP contribution is 2.28. The molecule has 1 aromatic heterocycles. The monoisotopic (exact) mass is 307 g/mol. The maximum Gasteiger partial charge on any atom is 0.255 e. The Morgan fingerprint density at radius 3 is 2.95 bits per heavy atom. The van der Waals surface area contributed by atoms with Gasteiger partial charge in [0, 0.05) is 17.1 Å². The average Bonchev–Trinajstić information content (AvgIpc) is 2.95. The van der Waals surface area contributed by atoms with Gasteiger partial charge in [0.15, 0.2) is 0 Å². The van der Waals surface area contributed by atoms with Crippen LogP contribution in [-0.4, -0.2) is 33.9 Å². The van der Waals surface area contributed by atoms with Gasteiger partial charge in [-0.05, 0) is 12.5 Å². The smallest absolute Gasteiger partial charge is 0.255 e. The third-order valence-corrected chi connectivity index (χ3v) is 3.48. The number of nitrogens with one attached hydrogen (secondary N) is 2. The molecule has 0 radical (unpaired) electrons. The van der Waals surface area contributed by atoms with Crippen molar-refractivity contribution in [3.05, 3.63) is 41.0 Å². The van der Waals surface area contributed by atoms with Crippen LogP contribution in [0, 0.1) is 0 Å². The van der Waals surface area contributed by atoms with Gasteiger partial charge in [0.1, 0.15) is 0 Å². The summed E-state index contributed by atoms with van der Waals surface area (Å²) >= 11 is 6.14. The molecule has 0 aliphatic carbocycles. The number of carbonyl (C=O) groups is 1. The molecule has 2 rings (SSSR count). The second-order valence-electron chi connectivity index (χ2n) is 4.79. The number of aliphatic hydroxyl groups excluding tert-OH is 1. The highest BCUT2D eigenvalue weighted by atomic mass is 35.5. The van der Waals surface area contributed by atoms with Crippen molar-refractivity contribution < 1.29 is 9.90 Å². The van der Waals surface area contributed by atoms with Gasteiger partial charge in [0.2, 0.25) is 0 Å². The van der Waals surface area contributed by atoms with E-state index < -0.39 is 6.10 Å². The van der Waals surface area contributed by atoms with Crippen LogP contribution in [0.15, 0.2) is 30.5 Å². The number of H-pyrrole nitrogens is 1. The molecule has 0 saturated heterocycles. The number of aromatic nitrogens is 2. The Kier molecular flexibility index (Phi) is 5.36. The number of rotatable bonds is 6. The van der Waals surface area contributed by atoms with Crippen molar-refractivity contribution in [2.24, 2.45) is 0 Å². The first-order valence-corrected chi connectivity index (χ1v) is 7.25. The molecule has 112 valence electrons. The number of halogens is 1. The number of carbonyl (C=O) groups excluding carboxylic acids is 1. The summed E-state index contributed by atoms with van der Waals surface area (Å²) in [5, 5.41) is 19.6. The maximum absolute atomic E-state index is 12.2. The fourth-order valence-corrected chi connectivity index (χ4v) is 2.30. The summed E-state index contributed by atoms with van der Waals surface area (Å²) in [7, 11) is 0. The van der Waals surface area contributed by atoms with E-state index in [1.54, 1.807) is 6.07 Å². The molecule has 1 atom stereocenters. The second-order valence-corrected chi connectivity index (χ2v) is 5.20. The molecule has 1 unspecified atom stereocenters. The molecule has 2 aromatic rings. The summed E-state index contributed by atoms with van der Waals surface area (Å²) in [4.78, 5) is 12.2. The molecular formula is C15H18ClN3O2. The predicted octanol–water partition coefficient (Wildman–Crippen LogP) is 2.62.